The van der Waals surface area contributed by atoms with Gasteiger partial charge in [-0.05, 0) is 42.7 Å². The van der Waals surface area contributed by atoms with E-state index < -0.39 is 21.7 Å². The average Bonchev–Trinajstić information content (AvgIpc) is 3.47. The molecule has 2 saturated heterocycles. The van der Waals surface area contributed by atoms with Crippen LogP contribution in [-0.4, -0.2) is 61.3 Å². The summed E-state index contributed by atoms with van der Waals surface area (Å²) in [5.41, 5.74) is 1.71. The van der Waals surface area contributed by atoms with Crippen LogP contribution in [0.2, 0.25) is 0 Å². The van der Waals surface area contributed by atoms with Crippen molar-refractivity contribution in [1.29, 1.82) is 0 Å². The molecule has 1 atom stereocenters. The number of thioether (sulfide) groups is 1. The molecule has 2 fully saturated rings. The number of benzene rings is 2. The molecule has 34 heavy (non-hydrogen) atoms. The van der Waals surface area contributed by atoms with Gasteiger partial charge in [-0.3, -0.25) is 0 Å². The summed E-state index contributed by atoms with van der Waals surface area (Å²) in [5, 5.41) is 0.634. The Bertz CT molecular complexity index is 1290. The molecular weight excluding hydrogens is 484 g/mol. The first-order valence-electron chi connectivity index (χ1n) is 11.2. The van der Waals surface area contributed by atoms with Crippen molar-refractivity contribution < 1.29 is 26.7 Å². The Morgan fingerprint density at radius 1 is 1.09 bits per heavy atom. The fourth-order valence-corrected chi connectivity index (χ4v) is 6.68. The summed E-state index contributed by atoms with van der Waals surface area (Å²) < 4.78 is 68.2. The molecule has 3 aromatic rings. The Morgan fingerprint density at radius 2 is 1.91 bits per heavy atom. The quantitative estimate of drug-likeness (QED) is 0.451. The molecule has 0 bridgehead atoms. The third-order valence-electron chi connectivity index (χ3n) is 6.07. The van der Waals surface area contributed by atoms with Crippen LogP contribution in [0.3, 0.4) is 0 Å². The van der Waals surface area contributed by atoms with E-state index in [4.69, 9.17) is 14.5 Å². The third-order valence-corrected chi connectivity index (χ3v) is 8.99. The summed E-state index contributed by atoms with van der Waals surface area (Å²) >= 11 is 1.33. The van der Waals surface area contributed by atoms with Crippen LogP contribution in [0.25, 0.3) is 11.0 Å². The van der Waals surface area contributed by atoms with Crippen molar-refractivity contribution in [3.05, 3.63) is 53.6 Å². The van der Waals surface area contributed by atoms with Crippen LogP contribution in [0, 0.1) is 11.6 Å². The first-order valence-corrected chi connectivity index (χ1v) is 13.6. The number of imidazole rings is 1. The van der Waals surface area contributed by atoms with E-state index in [-0.39, 0.29) is 16.8 Å². The van der Waals surface area contributed by atoms with Crippen LogP contribution in [0.4, 0.5) is 8.78 Å². The maximum absolute atomic E-state index is 14.2. The van der Waals surface area contributed by atoms with Crippen molar-refractivity contribution in [3.63, 3.8) is 0 Å². The zero-order chi connectivity index (χ0) is 23.7. The summed E-state index contributed by atoms with van der Waals surface area (Å²) in [6.07, 6.45) is 1.96. The van der Waals surface area contributed by atoms with Crippen LogP contribution < -0.4 is 0 Å². The number of halogens is 2. The second kappa shape index (κ2) is 9.90. The lowest BCUT2D eigenvalue weighted by molar-refractivity contribution is 0.0730. The van der Waals surface area contributed by atoms with E-state index in [0.717, 1.165) is 24.4 Å². The molecule has 0 amide bonds. The molecule has 182 valence electrons. The molecule has 0 spiro atoms. The minimum Gasteiger partial charge on any atom is -0.379 e. The highest BCUT2D eigenvalue weighted by atomic mass is 32.2. The number of ether oxygens (including phenoxy) is 2. The molecule has 2 aliphatic heterocycles. The summed E-state index contributed by atoms with van der Waals surface area (Å²) in [7, 11) is -3.66. The van der Waals surface area contributed by atoms with E-state index in [0.29, 0.717) is 55.7 Å². The van der Waals surface area contributed by atoms with Crippen molar-refractivity contribution in [1.82, 2.24) is 13.9 Å². The van der Waals surface area contributed by atoms with Gasteiger partial charge in [-0.25, -0.2) is 22.2 Å². The standard InChI is InChI=1S/C23H25F2N3O4S2/c24-17-4-3-16(20(25)12-17)15-33-23-26-21-13-19(34(29,30)27-7-10-31-11-8-27)5-6-22(21)28(23)14-18-2-1-9-32-18/h3-6,12-13,18H,1-2,7-11,14-15H2/t18-/m0/s1. The fraction of sp³-hybridized carbons (Fsp3) is 0.435. The van der Waals surface area contributed by atoms with Gasteiger partial charge in [-0.2, -0.15) is 4.31 Å². The number of morpholine rings is 1. The number of nitrogens with zero attached hydrogens (tertiary/aromatic N) is 3. The summed E-state index contributed by atoms with van der Waals surface area (Å²) in [6.45, 7) is 2.66. The number of rotatable bonds is 7. The van der Waals surface area contributed by atoms with Gasteiger partial charge in [0.15, 0.2) is 5.16 Å². The van der Waals surface area contributed by atoms with E-state index >= 15 is 0 Å². The highest BCUT2D eigenvalue weighted by Gasteiger charge is 2.28. The maximum atomic E-state index is 14.2. The largest absolute Gasteiger partial charge is 0.379 e. The molecule has 0 N–H and O–H groups in total. The van der Waals surface area contributed by atoms with Crippen molar-refractivity contribution >= 4 is 32.8 Å². The van der Waals surface area contributed by atoms with Gasteiger partial charge in [0.25, 0.3) is 0 Å². The Balaban J connectivity index is 1.47. The third kappa shape index (κ3) is 4.85. The predicted octanol–water partition coefficient (Wildman–Crippen LogP) is 3.81. The number of hydrogen-bond acceptors (Lipinski definition) is 6. The lowest BCUT2D eigenvalue weighted by Gasteiger charge is -2.26. The molecule has 1 aromatic heterocycles. The van der Waals surface area contributed by atoms with Gasteiger partial charge in [0.2, 0.25) is 10.0 Å². The van der Waals surface area contributed by atoms with Crippen LogP contribution in [-0.2, 0) is 31.8 Å². The summed E-state index contributed by atoms with van der Waals surface area (Å²) in [5.74, 6) is -0.959. The number of aromatic nitrogens is 2. The SMILES string of the molecule is O=S(=O)(c1ccc2c(c1)nc(SCc1ccc(F)cc1F)n2C[C@@H]1CCCO1)N1CCOCC1. The second-order valence-corrected chi connectivity index (χ2v) is 11.2. The van der Waals surface area contributed by atoms with Gasteiger partial charge in [0.05, 0.1) is 41.8 Å². The van der Waals surface area contributed by atoms with Crippen molar-refractivity contribution in [2.45, 2.75) is 41.3 Å². The van der Waals surface area contributed by atoms with E-state index in [9.17, 15) is 17.2 Å². The van der Waals surface area contributed by atoms with Crippen molar-refractivity contribution in [2.75, 3.05) is 32.9 Å². The molecule has 2 aliphatic rings. The number of fused-ring (bicyclic) bond motifs is 1. The molecule has 5 rings (SSSR count). The van der Waals surface area contributed by atoms with E-state index in [1.165, 1.54) is 28.2 Å². The van der Waals surface area contributed by atoms with Gasteiger partial charge in [-0.15, -0.1) is 0 Å². The van der Waals surface area contributed by atoms with Crippen LogP contribution >= 0.6 is 11.8 Å². The highest BCUT2D eigenvalue weighted by Crippen LogP contribution is 2.31. The van der Waals surface area contributed by atoms with Gasteiger partial charge in [0.1, 0.15) is 11.6 Å². The Kier molecular flexibility index (Phi) is 6.90. The number of hydrogen-bond donors (Lipinski definition) is 0. The van der Waals surface area contributed by atoms with E-state index in [1.807, 2.05) is 4.57 Å². The highest BCUT2D eigenvalue weighted by molar-refractivity contribution is 7.98. The van der Waals surface area contributed by atoms with Gasteiger partial charge >= 0.3 is 0 Å². The molecule has 0 saturated carbocycles. The van der Waals surface area contributed by atoms with E-state index in [2.05, 4.69) is 0 Å². The molecule has 7 nitrogen and oxygen atoms in total. The maximum Gasteiger partial charge on any atom is 0.243 e. The van der Waals surface area contributed by atoms with Gasteiger partial charge in [-0.1, -0.05) is 17.8 Å². The Labute approximate surface area is 201 Å². The molecule has 3 heterocycles. The van der Waals surface area contributed by atoms with Gasteiger partial charge in [0, 0.05) is 31.5 Å². The van der Waals surface area contributed by atoms with Crippen LogP contribution in [0.15, 0.2) is 46.5 Å². The zero-order valence-electron chi connectivity index (χ0n) is 18.5. The Morgan fingerprint density at radius 3 is 2.65 bits per heavy atom. The first kappa shape index (κ1) is 23.7. The smallest absolute Gasteiger partial charge is 0.243 e. The molecule has 0 radical (unpaired) electrons. The molecule has 0 aliphatic carbocycles. The lowest BCUT2D eigenvalue weighted by Crippen LogP contribution is -2.40. The first-order chi connectivity index (χ1) is 16.4. The minimum atomic E-state index is -3.66. The molecule has 2 aromatic carbocycles. The van der Waals surface area contributed by atoms with Gasteiger partial charge < -0.3 is 14.0 Å². The topological polar surface area (TPSA) is 73.7 Å². The molecule has 0 unspecified atom stereocenters. The minimum absolute atomic E-state index is 0.0380. The Hall–Kier alpha value is -2.05. The monoisotopic (exact) mass is 509 g/mol. The van der Waals surface area contributed by atoms with Crippen molar-refractivity contribution in [2.24, 2.45) is 0 Å². The average molecular weight is 510 g/mol. The van der Waals surface area contributed by atoms with Crippen molar-refractivity contribution in [3.8, 4) is 0 Å². The van der Waals surface area contributed by atoms with Crippen LogP contribution in [0.1, 0.15) is 18.4 Å². The zero-order valence-corrected chi connectivity index (χ0v) is 20.1. The number of sulfonamides is 1. The van der Waals surface area contributed by atoms with E-state index in [1.54, 1.807) is 18.2 Å². The summed E-state index contributed by atoms with van der Waals surface area (Å²) in [4.78, 5) is 4.89. The second-order valence-electron chi connectivity index (χ2n) is 8.33. The van der Waals surface area contributed by atoms with Crippen LogP contribution in [0.5, 0.6) is 0 Å². The predicted molar refractivity (Wildman–Crippen MR) is 124 cm³/mol. The fourth-order valence-electron chi connectivity index (χ4n) is 4.24. The molecular formula is C23H25F2N3O4S2. The molecule has 11 heteroatoms. The normalized spacial score (nSPS) is 19.8. The summed E-state index contributed by atoms with van der Waals surface area (Å²) in [6, 6.07) is 8.50. The lowest BCUT2D eigenvalue weighted by atomic mass is 10.2.